The molecule has 13 nitrogen and oxygen atoms in total. The standard InChI is InChI=1S/C28H39N3O4.C24H32N2O4/c1-30(12-3-4-27(32)29-22-11-15-35-18-22)28(33)21-6-8-26-24(17-21)23-16-20(5-7-25(23)31(26)2)19-9-13-34-14-10-19;1-25(11-3-4-23(27)28)24(29)18-6-8-22-20(15-18)19-14-17(5-7-21(19)26(22)2)16-9-12-30-13-10-16/h6,8,17,19-20,22H,3-5,7,9-16,18H2,1-2H3,(H,29,32);6,8,15-17H,3-5,7,9-14H2,1-2H3,(H,27,28)/t20-,22+;17-/m11/s1. The molecule has 3 amide bonds. The highest BCUT2D eigenvalue weighted by molar-refractivity contribution is 6.00. The van der Waals surface area contributed by atoms with Gasteiger partial charge in [-0.25, -0.2) is 0 Å². The number of carbonyl (C=O) groups is 4. The highest BCUT2D eigenvalue weighted by atomic mass is 16.5. The number of nitrogens with one attached hydrogen (secondary N) is 1. The second kappa shape index (κ2) is 21.3. The number of benzene rings is 2. The van der Waals surface area contributed by atoms with Crippen molar-refractivity contribution in [3.05, 3.63) is 70.0 Å². The Morgan fingerprint density at radius 2 is 1.09 bits per heavy atom. The molecule has 0 saturated carbocycles. The Morgan fingerprint density at radius 1 is 0.631 bits per heavy atom. The number of hydrogen-bond acceptors (Lipinski definition) is 7. The summed E-state index contributed by atoms with van der Waals surface area (Å²) in [4.78, 5) is 52.4. The molecule has 13 heteroatoms. The summed E-state index contributed by atoms with van der Waals surface area (Å²) < 4.78 is 21.1. The zero-order valence-electron chi connectivity index (χ0n) is 39.2. The van der Waals surface area contributed by atoms with Crippen LogP contribution in [-0.4, -0.2) is 121 Å². The van der Waals surface area contributed by atoms with Crippen LogP contribution < -0.4 is 5.32 Å². The lowest BCUT2D eigenvalue weighted by atomic mass is 9.75. The molecule has 2 N–H and O–H groups in total. The van der Waals surface area contributed by atoms with Gasteiger partial charge in [0.1, 0.15) is 0 Å². The first-order valence-electron chi connectivity index (χ1n) is 24.4. The molecule has 3 aliphatic heterocycles. The van der Waals surface area contributed by atoms with Gasteiger partial charge in [0.2, 0.25) is 5.91 Å². The molecule has 3 fully saturated rings. The van der Waals surface area contributed by atoms with Crippen LogP contribution in [0.5, 0.6) is 0 Å². The summed E-state index contributed by atoms with van der Waals surface area (Å²) in [5.74, 6) is 2.09. The number of amides is 3. The molecule has 9 rings (SSSR count). The van der Waals surface area contributed by atoms with Crippen LogP contribution in [0.4, 0.5) is 0 Å². The van der Waals surface area contributed by atoms with Crippen molar-refractivity contribution in [2.75, 3.05) is 66.8 Å². The topological polar surface area (TPSA) is 145 Å². The molecule has 2 aromatic heterocycles. The molecule has 3 saturated heterocycles. The fourth-order valence-corrected chi connectivity index (χ4v) is 11.6. The van der Waals surface area contributed by atoms with Crippen LogP contribution in [-0.2, 0) is 63.6 Å². The monoisotopic (exact) mass is 894 g/mol. The van der Waals surface area contributed by atoms with Crippen molar-refractivity contribution in [1.82, 2.24) is 24.3 Å². The Kier molecular flexibility index (Phi) is 15.3. The first-order chi connectivity index (χ1) is 31.5. The van der Waals surface area contributed by atoms with Crippen molar-refractivity contribution >= 4 is 45.5 Å². The summed E-state index contributed by atoms with van der Waals surface area (Å²) in [7, 11) is 7.87. The number of carbonyl (C=O) groups excluding carboxylic acids is 3. The number of rotatable bonds is 13. The number of ether oxygens (including phenoxy) is 3. The van der Waals surface area contributed by atoms with Crippen LogP contribution in [0, 0.1) is 23.7 Å². The van der Waals surface area contributed by atoms with Gasteiger partial charge in [0.05, 0.1) is 12.6 Å². The maximum atomic E-state index is 13.2. The summed E-state index contributed by atoms with van der Waals surface area (Å²) >= 11 is 0. The van der Waals surface area contributed by atoms with Crippen molar-refractivity contribution in [3.63, 3.8) is 0 Å². The Balaban J connectivity index is 0.000000179. The molecule has 2 aliphatic carbocycles. The molecule has 0 bridgehead atoms. The summed E-state index contributed by atoms with van der Waals surface area (Å²) in [5.41, 5.74) is 9.52. The molecular weight excluding hydrogens is 823 g/mol. The highest BCUT2D eigenvalue weighted by Crippen LogP contribution is 2.41. The van der Waals surface area contributed by atoms with Gasteiger partial charge in [0.15, 0.2) is 0 Å². The predicted molar refractivity (Wildman–Crippen MR) is 251 cm³/mol. The van der Waals surface area contributed by atoms with Crippen LogP contribution in [0.25, 0.3) is 21.8 Å². The van der Waals surface area contributed by atoms with E-state index in [1.54, 1.807) is 16.8 Å². The maximum Gasteiger partial charge on any atom is 0.303 e. The van der Waals surface area contributed by atoms with E-state index in [4.69, 9.17) is 19.3 Å². The SMILES string of the molecule is CN(CCCC(=O)N[C@H]1CCOC1)C(=O)c1ccc2c(c1)c1c(n2C)CC[C@@H](C2CCOCC2)C1.CN(CCCC(=O)O)C(=O)c1ccc2c(c1)c1c(n2C)CC[C@@H](C2CCOCC2)C1. The van der Waals surface area contributed by atoms with Gasteiger partial charge in [-0.2, -0.15) is 0 Å². The quantitative estimate of drug-likeness (QED) is 0.145. The number of carboxylic acid groups (broad SMARTS) is 1. The van der Waals surface area contributed by atoms with E-state index < -0.39 is 5.97 Å². The van der Waals surface area contributed by atoms with Crippen LogP contribution in [0.15, 0.2) is 36.4 Å². The van der Waals surface area contributed by atoms with E-state index >= 15 is 0 Å². The Hall–Kier alpha value is -4.72. The van der Waals surface area contributed by atoms with E-state index in [9.17, 15) is 19.2 Å². The number of aliphatic carboxylic acids is 1. The number of nitrogens with zero attached hydrogens (tertiary/aromatic N) is 4. The minimum absolute atomic E-state index is 0.0193. The van der Waals surface area contributed by atoms with E-state index in [1.807, 2.05) is 19.2 Å². The van der Waals surface area contributed by atoms with E-state index in [0.29, 0.717) is 63.0 Å². The van der Waals surface area contributed by atoms with Crippen molar-refractivity contribution in [2.24, 2.45) is 37.8 Å². The normalized spacial score (nSPS) is 21.3. The third kappa shape index (κ3) is 10.8. The lowest BCUT2D eigenvalue weighted by Crippen LogP contribution is -2.35. The molecule has 0 unspecified atom stereocenters. The van der Waals surface area contributed by atoms with Crippen molar-refractivity contribution in [1.29, 1.82) is 0 Å². The van der Waals surface area contributed by atoms with E-state index in [2.05, 4.69) is 52.8 Å². The van der Waals surface area contributed by atoms with Gasteiger partial charge < -0.3 is 43.6 Å². The Labute approximate surface area is 384 Å². The molecule has 4 aromatic rings. The van der Waals surface area contributed by atoms with Crippen molar-refractivity contribution < 1.29 is 38.5 Å². The van der Waals surface area contributed by atoms with Crippen molar-refractivity contribution in [3.8, 4) is 0 Å². The predicted octanol–water partition coefficient (Wildman–Crippen LogP) is 7.11. The minimum atomic E-state index is -0.827. The molecule has 0 radical (unpaired) electrons. The number of carboxylic acids is 1. The Morgan fingerprint density at radius 3 is 1.54 bits per heavy atom. The molecule has 5 heterocycles. The molecule has 0 spiro atoms. The van der Waals surface area contributed by atoms with Gasteiger partial charge in [0, 0.05) is 131 Å². The van der Waals surface area contributed by atoms with Crippen molar-refractivity contribution in [2.45, 2.75) is 102 Å². The number of aromatic nitrogens is 2. The third-order valence-corrected chi connectivity index (χ3v) is 15.4. The molecule has 3 atom stereocenters. The maximum absolute atomic E-state index is 13.2. The average molecular weight is 894 g/mol. The fraction of sp³-hybridized carbons (Fsp3) is 0.615. The second-order valence-corrected chi connectivity index (χ2v) is 19.5. The summed E-state index contributed by atoms with van der Waals surface area (Å²) in [5, 5.41) is 14.3. The zero-order chi connectivity index (χ0) is 45.6. The van der Waals surface area contributed by atoms with E-state index in [-0.39, 0.29) is 30.2 Å². The van der Waals surface area contributed by atoms with E-state index in [0.717, 1.165) is 88.8 Å². The smallest absolute Gasteiger partial charge is 0.303 e. The van der Waals surface area contributed by atoms with Crippen LogP contribution >= 0.6 is 0 Å². The molecule has 65 heavy (non-hydrogen) atoms. The first-order valence-corrected chi connectivity index (χ1v) is 24.4. The third-order valence-electron chi connectivity index (χ3n) is 15.4. The second-order valence-electron chi connectivity index (χ2n) is 19.5. The van der Waals surface area contributed by atoms with Gasteiger partial charge in [0.25, 0.3) is 11.8 Å². The van der Waals surface area contributed by atoms with Gasteiger partial charge in [-0.3, -0.25) is 19.2 Å². The molecule has 352 valence electrons. The van der Waals surface area contributed by atoms with Gasteiger partial charge in [-0.05, 0) is 155 Å². The highest BCUT2D eigenvalue weighted by Gasteiger charge is 2.33. The summed E-state index contributed by atoms with van der Waals surface area (Å²) in [6.07, 6.45) is 14.1. The lowest BCUT2D eigenvalue weighted by molar-refractivity contribution is -0.137. The fourth-order valence-electron chi connectivity index (χ4n) is 11.6. The Bertz CT molecular complexity index is 2330. The zero-order valence-corrected chi connectivity index (χ0v) is 39.2. The largest absolute Gasteiger partial charge is 0.481 e. The van der Waals surface area contributed by atoms with Crippen LogP contribution in [0.3, 0.4) is 0 Å². The molecule has 5 aliphatic rings. The molecule has 2 aromatic carbocycles. The number of hydrogen-bond donors (Lipinski definition) is 2. The average Bonchev–Trinajstić information content (AvgIpc) is 4.03. The van der Waals surface area contributed by atoms with Gasteiger partial charge in [-0.15, -0.1) is 0 Å². The van der Waals surface area contributed by atoms with E-state index in [1.165, 1.54) is 70.0 Å². The minimum Gasteiger partial charge on any atom is -0.481 e. The first kappa shape index (κ1) is 46.8. The number of fused-ring (bicyclic) bond motifs is 6. The number of aryl methyl sites for hydroxylation is 2. The van der Waals surface area contributed by atoms with Gasteiger partial charge in [-0.1, -0.05) is 0 Å². The summed E-state index contributed by atoms with van der Waals surface area (Å²) in [6.45, 7) is 5.88. The van der Waals surface area contributed by atoms with Crippen LogP contribution in [0.1, 0.15) is 114 Å². The summed E-state index contributed by atoms with van der Waals surface area (Å²) in [6, 6.07) is 12.3. The molecular formula is C52H71N5O8. The lowest BCUT2D eigenvalue weighted by Gasteiger charge is -2.33. The van der Waals surface area contributed by atoms with Gasteiger partial charge >= 0.3 is 5.97 Å². The van der Waals surface area contributed by atoms with Crippen LogP contribution in [0.2, 0.25) is 0 Å².